The molecule has 0 aromatic heterocycles. The molecule has 0 unspecified atom stereocenters. The Hall–Kier alpha value is -1.65. The van der Waals surface area contributed by atoms with Gasteiger partial charge in [-0.2, -0.15) is 0 Å². The third-order valence-electron chi connectivity index (χ3n) is 1.53. The van der Waals surface area contributed by atoms with E-state index in [9.17, 15) is 14.4 Å². The molecule has 0 amide bonds. The highest BCUT2D eigenvalue weighted by Crippen LogP contribution is 1.98. The maximum absolute atomic E-state index is 11.2. The lowest BCUT2D eigenvalue weighted by molar-refractivity contribution is -0.146. The Kier molecular flexibility index (Phi) is 6.83. The number of ketones is 1. The zero-order chi connectivity index (χ0) is 12.6. The van der Waals surface area contributed by atoms with Crippen molar-refractivity contribution in [1.82, 2.24) is 0 Å². The van der Waals surface area contributed by atoms with Crippen molar-refractivity contribution in [3.05, 3.63) is 12.2 Å². The first-order valence-corrected chi connectivity index (χ1v) is 4.97. The van der Waals surface area contributed by atoms with Gasteiger partial charge in [-0.05, 0) is 13.3 Å². The Labute approximate surface area is 94.4 Å². The lowest BCUT2D eigenvalue weighted by atomic mass is 10.3. The monoisotopic (exact) mass is 228 g/mol. The van der Waals surface area contributed by atoms with Gasteiger partial charge in [0.2, 0.25) is 0 Å². The standard InChI is InChI=1S/C11H16O5/c1-4-5-15-11(14)8(2)7-16-10(13)6-9(3)12/h2,4-7H2,1,3H3. The first-order valence-electron chi connectivity index (χ1n) is 4.97. The van der Waals surface area contributed by atoms with Crippen LogP contribution in [0.5, 0.6) is 0 Å². The summed E-state index contributed by atoms with van der Waals surface area (Å²) in [5, 5.41) is 0. The molecule has 0 spiro atoms. The van der Waals surface area contributed by atoms with Crippen LogP contribution in [0.25, 0.3) is 0 Å². The molecule has 0 bridgehead atoms. The summed E-state index contributed by atoms with van der Waals surface area (Å²) in [7, 11) is 0. The summed E-state index contributed by atoms with van der Waals surface area (Å²) in [4.78, 5) is 32.7. The van der Waals surface area contributed by atoms with Gasteiger partial charge in [-0.15, -0.1) is 0 Å². The molecule has 0 atom stereocenters. The molecule has 0 aromatic carbocycles. The van der Waals surface area contributed by atoms with Crippen LogP contribution >= 0.6 is 0 Å². The van der Waals surface area contributed by atoms with Gasteiger partial charge in [-0.3, -0.25) is 9.59 Å². The summed E-state index contributed by atoms with van der Waals surface area (Å²) < 4.78 is 9.43. The van der Waals surface area contributed by atoms with E-state index in [2.05, 4.69) is 11.3 Å². The van der Waals surface area contributed by atoms with E-state index in [0.717, 1.165) is 0 Å². The Balaban J connectivity index is 3.84. The Morgan fingerprint density at radius 1 is 1.19 bits per heavy atom. The van der Waals surface area contributed by atoms with Crippen molar-refractivity contribution in [2.75, 3.05) is 13.2 Å². The van der Waals surface area contributed by atoms with Crippen LogP contribution in [0.3, 0.4) is 0 Å². The van der Waals surface area contributed by atoms with Gasteiger partial charge in [0.1, 0.15) is 18.8 Å². The number of ether oxygens (including phenoxy) is 2. The lowest BCUT2D eigenvalue weighted by Crippen LogP contribution is -2.16. The zero-order valence-corrected chi connectivity index (χ0v) is 9.58. The summed E-state index contributed by atoms with van der Waals surface area (Å²) >= 11 is 0. The highest BCUT2D eigenvalue weighted by molar-refractivity contribution is 5.94. The van der Waals surface area contributed by atoms with Crippen molar-refractivity contribution in [3.8, 4) is 0 Å². The molecule has 90 valence electrons. The fraction of sp³-hybridized carbons (Fsp3) is 0.545. The summed E-state index contributed by atoms with van der Waals surface area (Å²) in [6.45, 7) is 6.63. The minimum atomic E-state index is -0.669. The number of carbonyl (C=O) groups is 3. The van der Waals surface area contributed by atoms with Crippen LogP contribution in [-0.4, -0.2) is 30.9 Å². The summed E-state index contributed by atoms with van der Waals surface area (Å²) in [5.41, 5.74) is 0.0605. The fourth-order valence-electron chi connectivity index (χ4n) is 0.778. The highest BCUT2D eigenvalue weighted by Gasteiger charge is 2.12. The molecule has 5 nitrogen and oxygen atoms in total. The zero-order valence-electron chi connectivity index (χ0n) is 9.58. The topological polar surface area (TPSA) is 69.7 Å². The third kappa shape index (κ3) is 6.75. The molecular formula is C11H16O5. The van der Waals surface area contributed by atoms with Crippen LogP contribution in [0.1, 0.15) is 26.7 Å². The number of Topliss-reactive ketones (excluding diaryl/α,β-unsaturated/α-hetero) is 1. The van der Waals surface area contributed by atoms with Gasteiger partial charge in [-0.1, -0.05) is 13.5 Å². The molecule has 0 aliphatic heterocycles. The Morgan fingerprint density at radius 2 is 1.81 bits per heavy atom. The molecule has 0 N–H and O–H groups in total. The normalized spacial score (nSPS) is 9.38. The van der Waals surface area contributed by atoms with Crippen molar-refractivity contribution in [2.24, 2.45) is 0 Å². The maximum Gasteiger partial charge on any atom is 0.336 e. The van der Waals surface area contributed by atoms with Crippen LogP contribution in [0.2, 0.25) is 0 Å². The van der Waals surface area contributed by atoms with Gasteiger partial charge >= 0.3 is 11.9 Å². The quantitative estimate of drug-likeness (QED) is 0.369. The van der Waals surface area contributed by atoms with Crippen molar-refractivity contribution >= 4 is 17.7 Å². The number of hydrogen-bond acceptors (Lipinski definition) is 5. The smallest absolute Gasteiger partial charge is 0.336 e. The van der Waals surface area contributed by atoms with Crippen molar-refractivity contribution in [1.29, 1.82) is 0 Å². The van der Waals surface area contributed by atoms with Crippen molar-refractivity contribution in [2.45, 2.75) is 26.7 Å². The van der Waals surface area contributed by atoms with Crippen molar-refractivity contribution in [3.63, 3.8) is 0 Å². The average molecular weight is 228 g/mol. The molecule has 0 aliphatic carbocycles. The largest absolute Gasteiger partial charge is 0.462 e. The molecule has 0 saturated carbocycles. The van der Waals surface area contributed by atoms with Crippen LogP contribution in [-0.2, 0) is 23.9 Å². The minimum absolute atomic E-state index is 0.0605. The van der Waals surface area contributed by atoms with E-state index in [1.165, 1.54) is 6.92 Å². The summed E-state index contributed by atoms with van der Waals surface area (Å²) in [5.74, 6) is -1.54. The fourth-order valence-corrected chi connectivity index (χ4v) is 0.778. The molecule has 0 rings (SSSR count). The van der Waals surface area contributed by atoms with E-state index in [1.807, 2.05) is 6.92 Å². The van der Waals surface area contributed by atoms with Crippen molar-refractivity contribution < 1.29 is 23.9 Å². The van der Waals surface area contributed by atoms with Crippen LogP contribution in [0, 0.1) is 0 Å². The Bertz CT molecular complexity index is 293. The van der Waals surface area contributed by atoms with Gasteiger partial charge in [0.25, 0.3) is 0 Å². The van der Waals surface area contributed by atoms with Crippen LogP contribution in [0.4, 0.5) is 0 Å². The molecule has 0 aliphatic rings. The van der Waals surface area contributed by atoms with E-state index in [1.54, 1.807) is 0 Å². The van der Waals surface area contributed by atoms with Crippen LogP contribution < -0.4 is 0 Å². The predicted molar refractivity (Wildman–Crippen MR) is 56.6 cm³/mol. The second-order valence-corrected chi connectivity index (χ2v) is 3.28. The summed E-state index contributed by atoms with van der Waals surface area (Å²) in [6, 6.07) is 0. The molecule has 0 fully saturated rings. The molecule has 16 heavy (non-hydrogen) atoms. The second kappa shape index (κ2) is 7.62. The van der Waals surface area contributed by atoms with Gasteiger partial charge in [0.15, 0.2) is 0 Å². The number of hydrogen-bond donors (Lipinski definition) is 0. The second-order valence-electron chi connectivity index (χ2n) is 3.28. The third-order valence-corrected chi connectivity index (χ3v) is 1.53. The molecular weight excluding hydrogens is 212 g/mol. The Morgan fingerprint density at radius 3 is 2.31 bits per heavy atom. The first-order chi connectivity index (χ1) is 7.47. The molecule has 0 saturated heterocycles. The minimum Gasteiger partial charge on any atom is -0.462 e. The van der Waals surface area contributed by atoms with E-state index in [-0.39, 0.29) is 24.4 Å². The number of esters is 2. The predicted octanol–water partition coefficient (Wildman–Crippen LogP) is 1.02. The van der Waals surface area contributed by atoms with Gasteiger partial charge in [-0.25, -0.2) is 4.79 Å². The first kappa shape index (κ1) is 14.3. The van der Waals surface area contributed by atoms with E-state index < -0.39 is 11.9 Å². The van der Waals surface area contributed by atoms with Gasteiger partial charge in [0.05, 0.1) is 12.2 Å². The van der Waals surface area contributed by atoms with E-state index in [0.29, 0.717) is 13.0 Å². The highest BCUT2D eigenvalue weighted by atomic mass is 16.5. The maximum atomic E-state index is 11.2. The molecule has 0 heterocycles. The lowest BCUT2D eigenvalue weighted by Gasteiger charge is -2.06. The molecule has 0 radical (unpaired) electrons. The molecule has 5 heteroatoms. The van der Waals surface area contributed by atoms with E-state index >= 15 is 0 Å². The summed E-state index contributed by atoms with van der Waals surface area (Å²) in [6.07, 6.45) is 0.417. The molecule has 0 aromatic rings. The number of carbonyl (C=O) groups excluding carboxylic acids is 3. The van der Waals surface area contributed by atoms with Gasteiger partial charge in [0, 0.05) is 0 Å². The van der Waals surface area contributed by atoms with E-state index in [4.69, 9.17) is 4.74 Å². The number of rotatable bonds is 7. The van der Waals surface area contributed by atoms with Crippen LogP contribution in [0.15, 0.2) is 12.2 Å². The van der Waals surface area contributed by atoms with Gasteiger partial charge < -0.3 is 9.47 Å². The average Bonchev–Trinajstić information content (AvgIpc) is 2.21. The SMILES string of the molecule is C=C(COC(=O)CC(C)=O)C(=O)OCCC.